The second-order valence-electron chi connectivity index (χ2n) is 3.31. The summed E-state index contributed by atoms with van der Waals surface area (Å²) in [6.45, 7) is 0. The van der Waals surface area contributed by atoms with Crippen molar-refractivity contribution in [3.05, 3.63) is 54.1 Å². The first kappa shape index (κ1) is 16.0. The third-order valence-electron chi connectivity index (χ3n) is 2.06. The third kappa shape index (κ3) is 4.90. The maximum atomic E-state index is 10.1. The van der Waals surface area contributed by atoms with Crippen molar-refractivity contribution in [2.45, 2.75) is 0 Å². The van der Waals surface area contributed by atoms with Crippen molar-refractivity contribution in [2.24, 2.45) is 0 Å². The smallest absolute Gasteiger partial charge is 0.153 e. The third-order valence-corrected chi connectivity index (χ3v) is 2.06. The Morgan fingerprint density at radius 2 is 1.33 bits per heavy atom. The molecule has 0 unspecified atom stereocenters. The van der Waals surface area contributed by atoms with E-state index in [1.54, 1.807) is 30.3 Å². The van der Waals surface area contributed by atoms with E-state index in [0.717, 1.165) is 0 Å². The molecule has 1 radical (unpaired) electrons. The molecule has 2 aromatic carbocycles. The molecule has 0 fully saturated rings. The number of anilines is 2. The number of para-hydroxylation sites is 3. The molecule has 0 amide bonds. The topological polar surface area (TPSA) is 89.3 Å². The van der Waals surface area contributed by atoms with Gasteiger partial charge in [-0.25, -0.2) is 0 Å². The van der Waals surface area contributed by atoms with E-state index in [1.165, 1.54) is 6.07 Å². The fraction of sp³-hybridized carbons (Fsp3) is 0. The Bertz CT molecular complexity index is 483. The fourth-order valence-corrected chi connectivity index (χ4v) is 1.10. The van der Waals surface area contributed by atoms with Crippen LogP contribution in [0.1, 0.15) is 10.4 Å². The SMILES string of the molecule is Nc1ccccc1N.O=Cc1ccccc1O.[Co]. The van der Waals surface area contributed by atoms with E-state index in [2.05, 4.69) is 0 Å². The van der Waals surface area contributed by atoms with Gasteiger partial charge in [-0.3, -0.25) is 4.79 Å². The molecule has 18 heavy (non-hydrogen) atoms. The van der Waals surface area contributed by atoms with Crippen molar-refractivity contribution in [1.29, 1.82) is 0 Å². The van der Waals surface area contributed by atoms with Gasteiger partial charge in [0.05, 0.1) is 16.9 Å². The van der Waals surface area contributed by atoms with Crippen LogP contribution in [0, 0.1) is 0 Å². The van der Waals surface area contributed by atoms with Gasteiger partial charge < -0.3 is 16.6 Å². The van der Waals surface area contributed by atoms with Crippen molar-refractivity contribution in [3.63, 3.8) is 0 Å². The van der Waals surface area contributed by atoms with E-state index in [4.69, 9.17) is 16.6 Å². The van der Waals surface area contributed by atoms with Crippen LogP contribution in [0.3, 0.4) is 0 Å². The monoisotopic (exact) mass is 289 g/mol. The normalized spacial score (nSPS) is 8.44. The van der Waals surface area contributed by atoms with Crippen LogP contribution in [0.5, 0.6) is 5.75 Å². The molecule has 0 bridgehead atoms. The number of carbonyl (C=O) groups excluding carboxylic acids is 1. The zero-order valence-corrected chi connectivity index (χ0v) is 10.6. The Kier molecular flexibility index (Phi) is 7.26. The Hall–Kier alpha value is -1.98. The molecular formula is C13H14CoN2O2. The summed E-state index contributed by atoms with van der Waals surface area (Å²) in [5.41, 5.74) is 12.4. The van der Waals surface area contributed by atoms with Gasteiger partial charge in [0.15, 0.2) is 6.29 Å². The van der Waals surface area contributed by atoms with Crippen LogP contribution in [0.2, 0.25) is 0 Å². The zero-order chi connectivity index (χ0) is 12.7. The molecule has 0 aliphatic rings. The standard InChI is InChI=1S/C7H6O2.C6H8N2.Co/c8-5-6-3-1-2-4-7(6)9;7-5-3-1-2-4-6(5)8;/h1-5,9H;1-4H,7-8H2;. The van der Waals surface area contributed by atoms with Gasteiger partial charge >= 0.3 is 0 Å². The van der Waals surface area contributed by atoms with E-state index in [9.17, 15) is 4.79 Å². The molecule has 0 atom stereocenters. The predicted molar refractivity (Wildman–Crippen MR) is 68.8 cm³/mol. The predicted octanol–water partition coefficient (Wildman–Crippen LogP) is 2.05. The van der Waals surface area contributed by atoms with Crippen molar-refractivity contribution < 1.29 is 26.7 Å². The Labute approximate surface area is 116 Å². The Morgan fingerprint density at radius 3 is 1.67 bits per heavy atom. The summed E-state index contributed by atoms with van der Waals surface area (Å²) in [7, 11) is 0. The summed E-state index contributed by atoms with van der Waals surface area (Å²) in [6, 6.07) is 13.7. The van der Waals surface area contributed by atoms with Gasteiger partial charge in [-0.1, -0.05) is 24.3 Å². The molecule has 0 saturated heterocycles. The van der Waals surface area contributed by atoms with Gasteiger partial charge in [0, 0.05) is 16.8 Å². The van der Waals surface area contributed by atoms with Crippen LogP contribution in [-0.2, 0) is 16.8 Å². The maximum absolute atomic E-state index is 10.1. The zero-order valence-electron chi connectivity index (χ0n) is 9.54. The number of rotatable bonds is 1. The number of hydrogen-bond acceptors (Lipinski definition) is 4. The molecule has 4 nitrogen and oxygen atoms in total. The molecule has 0 aliphatic heterocycles. The van der Waals surface area contributed by atoms with E-state index in [1.807, 2.05) is 12.1 Å². The second-order valence-corrected chi connectivity index (χ2v) is 3.31. The van der Waals surface area contributed by atoms with Crippen LogP contribution < -0.4 is 11.5 Å². The van der Waals surface area contributed by atoms with Gasteiger partial charge in [-0.2, -0.15) is 0 Å². The molecule has 2 aromatic rings. The number of aromatic hydroxyl groups is 1. The molecule has 5 N–H and O–H groups in total. The number of phenolic OH excluding ortho intramolecular Hbond substituents is 1. The molecule has 5 heteroatoms. The molecule has 0 heterocycles. The van der Waals surface area contributed by atoms with Crippen molar-refractivity contribution >= 4 is 17.7 Å². The molecule has 2 rings (SSSR count). The van der Waals surface area contributed by atoms with Crippen molar-refractivity contribution in [3.8, 4) is 5.75 Å². The summed E-state index contributed by atoms with van der Waals surface area (Å²) in [6.07, 6.45) is 0.620. The Balaban J connectivity index is 0.000000306. The summed E-state index contributed by atoms with van der Waals surface area (Å²) in [5.74, 6) is 0.0347. The summed E-state index contributed by atoms with van der Waals surface area (Å²) < 4.78 is 0. The average molecular weight is 289 g/mol. The minimum absolute atomic E-state index is 0. The van der Waals surface area contributed by atoms with E-state index < -0.39 is 0 Å². The fourth-order valence-electron chi connectivity index (χ4n) is 1.10. The van der Waals surface area contributed by atoms with Crippen LogP contribution in [0.4, 0.5) is 11.4 Å². The number of benzene rings is 2. The first-order valence-electron chi connectivity index (χ1n) is 4.98. The summed E-state index contributed by atoms with van der Waals surface area (Å²) >= 11 is 0. The van der Waals surface area contributed by atoms with Gasteiger partial charge in [0.25, 0.3) is 0 Å². The average Bonchev–Trinajstić information content (AvgIpc) is 2.34. The van der Waals surface area contributed by atoms with Crippen molar-refractivity contribution in [2.75, 3.05) is 11.5 Å². The number of hydrogen-bond donors (Lipinski definition) is 3. The largest absolute Gasteiger partial charge is 0.507 e. The maximum Gasteiger partial charge on any atom is 0.153 e. The van der Waals surface area contributed by atoms with Crippen LogP contribution in [0.25, 0.3) is 0 Å². The molecule has 0 aromatic heterocycles. The molecule has 0 saturated carbocycles. The minimum Gasteiger partial charge on any atom is -0.507 e. The molecule has 97 valence electrons. The number of aldehydes is 1. The molecule has 0 aliphatic carbocycles. The quantitative estimate of drug-likeness (QED) is 0.553. The van der Waals surface area contributed by atoms with Gasteiger partial charge in [0.2, 0.25) is 0 Å². The molecular weight excluding hydrogens is 275 g/mol. The van der Waals surface area contributed by atoms with E-state index in [0.29, 0.717) is 23.2 Å². The van der Waals surface area contributed by atoms with E-state index >= 15 is 0 Å². The number of nitrogen functional groups attached to an aromatic ring is 2. The minimum atomic E-state index is 0. The number of carbonyl (C=O) groups is 1. The van der Waals surface area contributed by atoms with Crippen LogP contribution >= 0.6 is 0 Å². The van der Waals surface area contributed by atoms with Crippen LogP contribution in [0.15, 0.2) is 48.5 Å². The van der Waals surface area contributed by atoms with E-state index in [-0.39, 0.29) is 22.5 Å². The first-order valence-corrected chi connectivity index (χ1v) is 4.98. The first-order chi connectivity index (χ1) is 8.15. The van der Waals surface area contributed by atoms with Gasteiger partial charge in [-0.05, 0) is 24.3 Å². The molecule has 0 spiro atoms. The Morgan fingerprint density at radius 1 is 0.889 bits per heavy atom. The summed E-state index contributed by atoms with van der Waals surface area (Å²) in [5, 5.41) is 8.88. The van der Waals surface area contributed by atoms with Crippen LogP contribution in [-0.4, -0.2) is 11.4 Å². The van der Waals surface area contributed by atoms with Gasteiger partial charge in [-0.15, -0.1) is 0 Å². The summed E-state index contributed by atoms with van der Waals surface area (Å²) in [4.78, 5) is 10.1. The van der Waals surface area contributed by atoms with Crippen molar-refractivity contribution in [1.82, 2.24) is 0 Å². The number of nitrogens with two attached hydrogens (primary N) is 2. The second kappa shape index (κ2) is 8.16. The number of phenols is 1. The van der Waals surface area contributed by atoms with Gasteiger partial charge in [0.1, 0.15) is 5.75 Å².